The van der Waals surface area contributed by atoms with Gasteiger partial charge in [-0.2, -0.15) is 31.4 Å². The van der Waals surface area contributed by atoms with Crippen molar-refractivity contribution in [2.75, 3.05) is 42.9 Å². The number of nitrogens with zero attached hydrogens (tertiary/aromatic N) is 5. The maximum atomic E-state index is 12.8. The van der Waals surface area contributed by atoms with Crippen LogP contribution in [0, 0.1) is 11.8 Å². The lowest BCUT2D eigenvalue weighted by molar-refractivity contribution is -0.139. The molecular weight excluding hydrogens is 472 g/mol. The number of hydrogen-bond acceptors (Lipinski definition) is 7. The summed E-state index contributed by atoms with van der Waals surface area (Å²) in [5.74, 6) is -0.460. The summed E-state index contributed by atoms with van der Waals surface area (Å²) in [5.41, 5.74) is -3.63. The molecule has 1 saturated heterocycles. The van der Waals surface area contributed by atoms with Crippen LogP contribution in [0.25, 0.3) is 0 Å². The molecule has 0 radical (unpaired) electrons. The molecule has 0 bridgehead atoms. The number of carbonyl (C=O) groups excluding carboxylic acids is 1. The largest absolute Gasteiger partial charge is 0.421 e. The molecule has 2 fully saturated rings. The first-order chi connectivity index (χ1) is 15.9. The van der Waals surface area contributed by atoms with Gasteiger partial charge in [-0.3, -0.25) is 9.59 Å². The second kappa shape index (κ2) is 8.76. The average Bonchev–Trinajstić information content (AvgIpc) is 3.56. The van der Waals surface area contributed by atoms with E-state index >= 15 is 0 Å². The number of alkyl halides is 6. The molecule has 34 heavy (non-hydrogen) atoms. The van der Waals surface area contributed by atoms with E-state index < -0.39 is 29.0 Å². The van der Waals surface area contributed by atoms with E-state index in [1.54, 1.807) is 14.9 Å². The zero-order valence-electron chi connectivity index (χ0n) is 17.4. The molecule has 9 nitrogen and oxygen atoms in total. The lowest BCUT2D eigenvalue weighted by Gasteiger charge is -2.35. The third-order valence-corrected chi connectivity index (χ3v) is 5.73. The lowest BCUT2D eigenvalue weighted by Crippen LogP contribution is -2.50. The summed E-state index contributed by atoms with van der Waals surface area (Å²) in [4.78, 5) is 34.9. The van der Waals surface area contributed by atoms with Gasteiger partial charge in [0.15, 0.2) is 0 Å². The van der Waals surface area contributed by atoms with Crippen LogP contribution in [0.5, 0.6) is 0 Å². The van der Waals surface area contributed by atoms with Crippen molar-refractivity contribution in [3.8, 4) is 0 Å². The maximum absolute atomic E-state index is 12.8. The number of carbonyl (C=O) groups is 1. The minimum Gasteiger partial charge on any atom is -0.368 e. The molecule has 1 aliphatic heterocycles. The van der Waals surface area contributed by atoms with Crippen molar-refractivity contribution in [1.29, 1.82) is 0 Å². The molecule has 4 rings (SSSR count). The van der Waals surface area contributed by atoms with Crippen LogP contribution in [0.4, 0.5) is 38.1 Å². The highest BCUT2D eigenvalue weighted by Gasteiger charge is 2.45. The second-order valence-electron chi connectivity index (χ2n) is 8.06. The number of hydrogen-bond donors (Lipinski definition) is 2. The maximum Gasteiger partial charge on any atom is 0.421 e. The van der Waals surface area contributed by atoms with E-state index in [1.807, 2.05) is 0 Å². The number of piperazine rings is 1. The molecule has 1 amide bonds. The topological polar surface area (TPSA) is 107 Å². The van der Waals surface area contributed by atoms with Crippen LogP contribution in [0.1, 0.15) is 17.5 Å². The van der Waals surface area contributed by atoms with Gasteiger partial charge in [-0.25, -0.2) is 15.1 Å². The van der Waals surface area contributed by atoms with Crippen LogP contribution in [-0.2, 0) is 17.1 Å². The fourth-order valence-electron chi connectivity index (χ4n) is 3.71. The molecule has 15 heteroatoms. The molecule has 2 aromatic heterocycles. The number of nitrogens with one attached hydrogen (secondary N) is 2. The van der Waals surface area contributed by atoms with Gasteiger partial charge in [-0.1, -0.05) is 0 Å². The molecule has 2 N–H and O–H groups in total. The Morgan fingerprint density at radius 3 is 2.29 bits per heavy atom. The van der Waals surface area contributed by atoms with Gasteiger partial charge in [0, 0.05) is 57.1 Å². The van der Waals surface area contributed by atoms with Crippen molar-refractivity contribution >= 4 is 17.7 Å². The van der Waals surface area contributed by atoms with E-state index in [9.17, 15) is 35.9 Å². The summed E-state index contributed by atoms with van der Waals surface area (Å²) in [7, 11) is 0. The lowest BCUT2D eigenvalue weighted by atomic mass is 10.2. The van der Waals surface area contributed by atoms with Crippen LogP contribution in [0.3, 0.4) is 0 Å². The van der Waals surface area contributed by atoms with Crippen molar-refractivity contribution < 1.29 is 31.1 Å². The van der Waals surface area contributed by atoms with E-state index in [2.05, 4.69) is 20.4 Å². The Kier molecular flexibility index (Phi) is 6.12. The van der Waals surface area contributed by atoms with Gasteiger partial charge in [0.1, 0.15) is 11.4 Å². The summed E-state index contributed by atoms with van der Waals surface area (Å²) in [6.45, 7) is 1.61. The normalized spacial score (nSPS) is 20.9. The van der Waals surface area contributed by atoms with Gasteiger partial charge >= 0.3 is 12.4 Å². The Balaban J connectivity index is 1.25. The van der Waals surface area contributed by atoms with Gasteiger partial charge in [-0.05, 0) is 12.3 Å². The molecule has 1 aliphatic carbocycles. The van der Waals surface area contributed by atoms with Gasteiger partial charge in [0.25, 0.3) is 5.56 Å². The highest BCUT2D eigenvalue weighted by molar-refractivity contribution is 5.82. The smallest absolute Gasteiger partial charge is 0.368 e. The van der Waals surface area contributed by atoms with Gasteiger partial charge in [0.2, 0.25) is 11.9 Å². The van der Waals surface area contributed by atoms with E-state index in [4.69, 9.17) is 0 Å². The first-order valence-corrected chi connectivity index (χ1v) is 10.3. The third kappa shape index (κ3) is 5.22. The molecule has 3 heterocycles. The summed E-state index contributed by atoms with van der Waals surface area (Å²) in [6, 6.07) is 0.626. The number of rotatable bonds is 5. The van der Waals surface area contributed by atoms with E-state index in [-0.39, 0.29) is 36.1 Å². The van der Waals surface area contributed by atoms with Gasteiger partial charge in [0.05, 0.1) is 5.56 Å². The molecule has 0 unspecified atom stereocenters. The van der Waals surface area contributed by atoms with Gasteiger partial charge in [-0.15, -0.1) is 0 Å². The van der Waals surface area contributed by atoms with E-state index in [0.29, 0.717) is 38.7 Å². The zero-order valence-corrected chi connectivity index (χ0v) is 17.4. The predicted molar refractivity (Wildman–Crippen MR) is 106 cm³/mol. The van der Waals surface area contributed by atoms with Crippen molar-refractivity contribution in [3.05, 3.63) is 39.9 Å². The van der Waals surface area contributed by atoms with Crippen molar-refractivity contribution in [1.82, 2.24) is 25.1 Å². The molecule has 1 saturated carbocycles. The van der Waals surface area contributed by atoms with Crippen LogP contribution < -0.4 is 15.8 Å². The number of aromatic nitrogens is 4. The van der Waals surface area contributed by atoms with Crippen LogP contribution in [0.2, 0.25) is 0 Å². The van der Waals surface area contributed by atoms with Crippen molar-refractivity contribution in [3.63, 3.8) is 0 Å². The van der Waals surface area contributed by atoms with Crippen LogP contribution >= 0.6 is 0 Å². The SMILES string of the molecule is O=C([C@@H]1C[C@@H]1CNc1cc(C(F)(F)F)c(=O)[nH]n1)N1CCN(c2ncc(C(F)(F)F)cn2)CC1. The number of halogens is 6. The van der Waals surface area contributed by atoms with Gasteiger partial charge < -0.3 is 15.1 Å². The van der Waals surface area contributed by atoms with E-state index in [0.717, 1.165) is 12.4 Å². The monoisotopic (exact) mass is 491 g/mol. The highest BCUT2D eigenvalue weighted by atomic mass is 19.4. The number of aromatic amines is 1. The Morgan fingerprint density at radius 1 is 1.06 bits per heavy atom. The zero-order chi connectivity index (χ0) is 24.7. The van der Waals surface area contributed by atoms with Crippen molar-refractivity contribution in [2.45, 2.75) is 18.8 Å². The Bertz CT molecular complexity index is 1090. The van der Waals surface area contributed by atoms with E-state index in [1.165, 1.54) is 0 Å². The van der Waals surface area contributed by atoms with Crippen molar-refractivity contribution in [2.24, 2.45) is 11.8 Å². The Hall–Kier alpha value is -3.39. The molecule has 0 spiro atoms. The summed E-state index contributed by atoms with van der Waals surface area (Å²) in [5, 5.41) is 8.06. The quantitative estimate of drug-likeness (QED) is 0.617. The van der Waals surface area contributed by atoms with Crippen LogP contribution in [-0.4, -0.2) is 63.7 Å². The Morgan fingerprint density at radius 2 is 1.71 bits per heavy atom. The average molecular weight is 491 g/mol. The standard InChI is InChI=1S/C19H19F6N7O2/c20-18(21,22)11-8-27-17(28-9-11)32-3-1-31(2-4-32)16(34)12-5-10(12)7-26-14-6-13(19(23,24)25)15(33)30-29-14/h6,8-10,12H,1-5,7H2,(H,26,29)(H,30,33)/t10-,12-/m1/s1. The number of anilines is 2. The fourth-order valence-corrected chi connectivity index (χ4v) is 3.71. The molecular formula is C19H19F6N7O2. The first kappa shape index (κ1) is 23.8. The molecule has 184 valence electrons. The number of H-pyrrole nitrogens is 1. The predicted octanol–water partition coefficient (Wildman–Crippen LogP) is 1.99. The summed E-state index contributed by atoms with van der Waals surface area (Å²) >= 11 is 0. The molecule has 2 atom stereocenters. The summed E-state index contributed by atoms with van der Waals surface area (Å²) in [6.07, 6.45) is -7.33. The van der Waals surface area contributed by atoms with Crippen LogP contribution in [0.15, 0.2) is 23.3 Å². The summed E-state index contributed by atoms with van der Waals surface area (Å²) < 4.78 is 76.4. The number of amides is 1. The molecule has 2 aromatic rings. The molecule has 2 aliphatic rings. The minimum absolute atomic E-state index is 0.0909. The first-order valence-electron chi connectivity index (χ1n) is 10.3. The minimum atomic E-state index is -4.81. The molecule has 0 aromatic carbocycles. The highest BCUT2D eigenvalue weighted by Crippen LogP contribution is 2.40. The Labute approximate surface area is 188 Å². The third-order valence-electron chi connectivity index (χ3n) is 5.73. The second-order valence-corrected chi connectivity index (χ2v) is 8.06. The fraction of sp³-hybridized carbons (Fsp3) is 0.526.